The van der Waals surface area contributed by atoms with Crippen molar-refractivity contribution < 1.29 is 14.3 Å². The van der Waals surface area contributed by atoms with Gasteiger partial charge >= 0.3 is 0 Å². The Kier molecular flexibility index (Phi) is 2.38. The highest BCUT2D eigenvalue weighted by Crippen LogP contribution is 2.34. The smallest absolute Gasteiger partial charge is 0.231 e. The van der Waals surface area contributed by atoms with Crippen LogP contribution in [0.3, 0.4) is 0 Å². The summed E-state index contributed by atoms with van der Waals surface area (Å²) >= 11 is 0. The van der Waals surface area contributed by atoms with E-state index in [2.05, 4.69) is 0 Å². The predicted molar refractivity (Wildman–Crippen MR) is 52.6 cm³/mol. The van der Waals surface area contributed by atoms with Crippen molar-refractivity contribution in [2.24, 2.45) is 0 Å². The molecule has 1 aliphatic heterocycles. The molecule has 0 N–H and O–H groups in total. The number of benzene rings is 1. The Hall–Kier alpha value is -2.28. The van der Waals surface area contributed by atoms with Crippen molar-refractivity contribution in [3.63, 3.8) is 0 Å². The summed E-state index contributed by atoms with van der Waals surface area (Å²) in [6.45, 7) is 0.166. The number of nitrogens with zero attached hydrogens (tertiary/aromatic N) is 1. The molecule has 0 saturated carbocycles. The van der Waals surface area contributed by atoms with Crippen LogP contribution in [0.25, 0.3) is 6.08 Å². The van der Waals surface area contributed by atoms with E-state index < -0.39 is 0 Å². The largest absolute Gasteiger partial charge is 0.454 e. The van der Waals surface area contributed by atoms with Crippen LogP contribution >= 0.6 is 0 Å². The second kappa shape index (κ2) is 3.84. The molecule has 0 aromatic heterocycles. The number of ether oxygens (including phenoxy) is 2. The van der Waals surface area contributed by atoms with Gasteiger partial charge in [0, 0.05) is 11.6 Å². The first-order valence-corrected chi connectivity index (χ1v) is 4.30. The van der Waals surface area contributed by atoms with Gasteiger partial charge in [-0.15, -0.1) is 0 Å². The zero-order valence-corrected chi connectivity index (χ0v) is 7.77. The van der Waals surface area contributed by atoms with E-state index in [9.17, 15) is 4.79 Å². The highest BCUT2D eigenvalue weighted by Gasteiger charge is 2.15. The zero-order chi connectivity index (χ0) is 10.7. The lowest BCUT2D eigenvalue weighted by Crippen LogP contribution is -1.92. The molecule has 4 heteroatoms. The van der Waals surface area contributed by atoms with Gasteiger partial charge in [0.2, 0.25) is 6.79 Å². The molecule has 1 aromatic rings. The van der Waals surface area contributed by atoms with E-state index in [0.29, 0.717) is 22.6 Å². The molecule has 15 heavy (non-hydrogen) atoms. The van der Waals surface area contributed by atoms with Crippen LogP contribution in [0.2, 0.25) is 0 Å². The lowest BCUT2D eigenvalue weighted by molar-refractivity contribution is 0.112. The van der Waals surface area contributed by atoms with E-state index in [1.54, 1.807) is 18.2 Å². The monoisotopic (exact) mass is 201 g/mol. The third-order valence-corrected chi connectivity index (χ3v) is 2.04. The van der Waals surface area contributed by atoms with Crippen molar-refractivity contribution in [3.8, 4) is 17.6 Å². The van der Waals surface area contributed by atoms with Crippen LogP contribution in [-0.2, 0) is 0 Å². The number of nitriles is 1. The summed E-state index contributed by atoms with van der Waals surface area (Å²) in [5, 5.41) is 8.40. The summed E-state index contributed by atoms with van der Waals surface area (Å²) in [6.07, 6.45) is 3.59. The molecule has 1 heterocycles. The summed E-state index contributed by atoms with van der Waals surface area (Å²) in [6, 6.07) is 5.15. The Bertz CT molecular complexity index is 471. The molecule has 0 fully saturated rings. The normalized spacial score (nSPS) is 12.7. The number of hydrogen-bond donors (Lipinski definition) is 0. The molecule has 0 amide bonds. The number of carbonyl (C=O) groups is 1. The quantitative estimate of drug-likeness (QED) is 0.540. The van der Waals surface area contributed by atoms with E-state index in [-0.39, 0.29) is 6.79 Å². The molecule has 0 radical (unpaired) electrons. The first kappa shape index (κ1) is 9.28. The van der Waals surface area contributed by atoms with Crippen molar-refractivity contribution in [3.05, 3.63) is 29.3 Å². The summed E-state index contributed by atoms with van der Waals surface area (Å²) in [5.74, 6) is 1.16. The van der Waals surface area contributed by atoms with Gasteiger partial charge in [0.15, 0.2) is 17.8 Å². The number of rotatable bonds is 2. The summed E-state index contributed by atoms with van der Waals surface area (Å²) < 4.78 is 10.3. The average Bonchev–Trinajstić information content (AvgIpc) is 2.71. The molecule has 0 unspecified atom stereocenters. The Morgan fingerprint density at radius 3 is 2.53 bits per heavy atom. The molecule has 0 bridgehead atoms. The van der Waals surface area contributed by atoms with Crippen LogP contribution in [0.4, 0.5) is 0 Å². The van der Waals surface area contributed by atoms with Crippen LogP contribution in [0.1, 0.15) is 15.9 Å². The van der Waals surface area contributed by atoms with Crippen LogP contribution in [0, 0.1) is 11.3 Å². The first-order valence-electron chi connectivity index (χ1n) is 4.30. The number of aldehydes is 1. The van der Waals surface area contributed by atoms with Crippen molar-refractivity contribution >= 4 is 12.4 Å². The maximum atomic E-state index is 10.8. The van der Waals surface area contributed by atoms with Gasteiger partial charge in [0.05, 0.1) is 6.07 Å². The van der Waals surface area contributed by atoms with E-state index in [4.69, 9.17) is 14.7 Å². The molecule has 1 aliphatic rings. The Balaban J connectivity index is 2.49. The van der Waals surface area contributed by atoms with Gasteiger partial charge in [-0.05, 0) is 23.8 Å². The van der Waals surface area contributed by atoms with Crippen LogP contribution in [-0.4, -0.2) is 13.1 Å². The lowest BCUT2D eigenvalue weighted by Gasteiger charge is -2.01. The SMILES string of the molecule is N#CC=Cc1cc2c(cc1C=O)OCO2. The number of hydrogen-bond acceptors (Lipinski definition) is 4. The standard InChI is InChI=1S/C11H7NO3/c12-3-1-2-8-4-10-11(15-7-14-10)5-9(8)6-13/h1-2,4-6H,7H2. The average molecular weight is 201 g/mol. The fourth-order valence-corrected chi connectivity index (χ4v) is 1.35. The third kappa shape index (κ3) is 1.67. The number of fused-ring (bicyclic) bond motifs is 1. The van der Waals surface area contributed by atoms with Gasteiger partial charge in [-0.3, -0.25) is 4.79 Å². The van der Waals surface area contributed by atoms with Crippen LogP contribution in [0.15, 0.2) is 18.2 Å². The van der Waals surface area contributed by atoms with Crippen molar-refractivity contribution in [2.75, 3.05) is 6.79 Å². The van der Waals surface area contributed by atoms with Gasteiger partial charge in [-0.1, -0.05) is 0 Å². The summed E-state index contributed by atoms with van der Waals surface area (Å²) in [7, 11) is 0. The molecule has 0 aliphatic carbocycles. The second-order valence-corrected chi connectivity index (χ2v) is 2.91. The Morgan fingerprint density at radius 1 is 1.27 bits per heavy atom. The minimum Gasteiger partial charge on any atom is -0.454 e. The molecular formula is C11H7NO3. The zero-order valence-electron chi connectivity index (χ0n) is 7.77. The predicted octanol–water partition coefficient (Wildman–Crippen LogP) is 1.76. The van der Waals surface area contributed by atoms with Crippen LogP contribution in [0.5, 0.6) is 11.5 Å². The number of allylic oxidation sites excluding steroid dienone is 1. The highest BCUT2D eigenvalue weighted by atomic mass is 16.7. The van der Waals surface area contributed by atoms with Crippen molar-refractivity contribution in [1.29, 1.82) is 5.26 Å². The molecule has 4 nitrogen and oxygen atoms in total. The molecule has 2 rings (SSSR count). The molecule has 0 spiro atoms. The number of carbonyl (C=O) groups excluding carboxylic acids is 1. The Labute approximate surface area is 86.3 Å². The van der Waals surface area contributed by atoms with E-state index >= 15 is 0 Å². The van der Waals surface area contributed by atoms with E-state index in [0.717, 1.165) is 6.29 Å². The lowest BCUT2D eigenvalue weighted by atomic mass is 10.1. The van der Waals surface area contributed by atoms with Gasteiger partial charge in [-0.25, -0.2) is 0 Å². The highest BCUT2D eigenvalue weighted by molar-refractivity contribution is 5.84. The van der Waals surface area contributed by atoms with Crippen molar-refractivity contribution in [2.45, 2.75) is 0 Å². The fourth-order valence-electron chi connectivity index (χ4n) is 1.35. The molecule has 0 atom stereocenters. The molecule has 1 aromatic carbocycles. The van der Waals surface area contributed by atoms with Gasteiger partial charge in [0.25, 0.3) is 0 Å². The molecule has 0 saturated heterocycles. The maximum absolute atomic E-state index is 10.8. The Morgan fingerprint density at radius 2 is 1.93 bits per heavy atom. The first-order chi connectivity index (χ1) is 7.35. The minimum absolute atomic E-state index is 0.166. The van der Waals surface area contributed by atoms with Gasteiger partial charge < -0.3 is 9.47 Å². The maximum Gasteiger partial charge on any atom is 0.231 e. The fraction of sp³-hybridized carbons (Fsp3) is 0.0909. The van der Waals surface area contributed by atoms with E-state index in [1.165, 1.54) is 6.08 Å². The molecule has 74 valence electrons. The second-order valence-electron chi connectivity index (χ2n) is 2.91. The summed E-state index contributed by atoms with van der Waals surface area (Å²) in [4.78, 5) is 10.8. The minimum atomic E-state index is 0.166. The van der Waals surface area contributed by atoms with Crippen LogP contribution < -0.4 is 9.47 Å². The van der Waals surface area contributed by atoms with Gasteiger partial charge in [-0.2, -0.15) is 5.26 Å². The van der Waals surface area contributed by atoms with E-state index in [1.807, 2.05) is 6.07 Å². The van der Waals surface area contributed by atoms with Crippen molar-refractivity contribution in [1.82, 2.24) is 0 Å². The topological polar surface area (TPSA) is 59.3 Å². The molecular weight excluding hydrogens is 194 g/mol. The van der Waals surface area contributed by atoms with Gasteiger partial charge in [0.1, 0.15) is 0 Å². The third-order valence-electron chi connectivity index (χ3n) is 2.04. The summed E-state index contributed by atoms with van der Waals surface area (Å²) in [5.41, 5.74) is 1.13.